The number of fused-ring (bicyclic) bond motifs is 1. The highest BCUT2D eigenvalue weighted by molar-refractivity contribution is 6.31. The Kier molecular flexibility index (Phi) is 3.50. The van der Waals surface area contributed by atoms with Gasteiger partial charge in [0.15, 0.2) is 0 Å². The van der Waals surface area contributed by atoms with Crippen LogP contribution >= 0.6 is 24.0 Å². The molecule has 0 saturated carbocycles. The summed E-state index contributed by atoms with van der Waals surface area (Å²) >= 11 is 6.02. The fourth-order valence-electron chi connectivity index (χ4n) is 2.06. The lowest BCUT2D eigenvalue weighted by Gasteiger charge is -2.04. The lowest BCUT2D eigenvalue weighted by atomic mass is 10.0. The quantitative estimate of drug-likeness (QED) is 0.633. The van der Waals surface area contributed by atoms with Crippen LogP contribution < -0.4 is 5.73 Å². The highest BCUT2D eigenvalue weighted by Crippen LogP contribution is 2.33. The molecule has 2 aromatic carbocycles. The zero-order valence-corrected chi connectivity index (χ0v) is 11.1. The van der Waals surface area contributed by atoms with E-state index in [0.717, 1.165) is 27.7 Å². The molecule has 0 radical (unpaired) electrons. The first-order valence-electron chi connectivity index (χ1n) is 5.37. The van der Waals surface area contributed by atoms with Gasteiger partial charge >= 0.3 is 0 Å². The summed E-state index contributed by atoms with van der Waals surface area (Å²) < 4.78 is 0. The van der Waals surface area contributed by atoms with Gasteiger partial charge in [-0.15, -0.1) is 12.4 Å². The SMILES string of the molecule is Cl.Nc1ccc(Cl)cc1-c1c[nH]c2ccccc12. The van der Waals surface area contributed by atoms with Gasteiger partial charge in [-0.3, -0.25) is 0 Å². The van der Waals surface area contributed by atoms with Crippen molar-refractivity contribution in [3.63, 3.8) is 0 Å². The van der Waals surface area contributed by atoms with E-state index in [1.165, 1.54) is 0 Å². The second-order valence-corrected chi connectivity index (χ2v) is 4.42. The van der Waals surface area contributed by atoms with E-state index in [-0.39, 0.29) is 12.4 Å². The van der Waals surface area contributed by atoms with Crippen LogP contribution in [-0.2, 0) is 0 Å². The molecule has 1 aromatic heterocycles. The minimum atomic E-state index is 0. The van der Waals surface area contributed by atoms with Crippen LogP contribution in [0.1, 0.15) is 0 Å². The van der Waals surface area contributed by atoms with Gasteiger partial charge in [0, 0.05) is 38.9 Å². The third-order valence-electron chi connectivity index (χ3n) is 2.89. The number of nitrogens with two attached hydrogens (primary N) is 1. The van der Waals surface area contributed by atoms with Gasteiger partial charge in [0.05, 0.1) is 0 Å². The van der Waals surface area contributed by atoms with Crippen LogP contribution in [0.15, 0.2) is 48.7 Å². The van der Waals surface area contributed by atoms with Gasteiger partial charge in [-0.2, -0.15) is 0 Å². The number of nitrogen functional groups attached to an aromatic ring is 1. The summed E-state index contributed by atoms with van der Waals surface area (Å²) in [4.78, 5) is 3.23. The van der Waals surface area contributed by atoms with Crippen LogP contribution in [-0.4, -0.2) is 4.98 Å². The van der Waals surface area contributed by atoms with Gasteiger partial charge in [-0.25, -0.2) is 0 Å². The molecule has 3 aromatic rings. The van der Waals surface area contributed by atoms with Crippen LogP contribution in [0.2, 0.25) is 5.02 Å². The van der Waals surface area contributed by atoms with E-state index in [2.05, 4.69) is 11.1 Å². The van der Waals surface area contributed by atoms with Crippen LogP contribution in [0.4, 0.5) is 5.69 Å². The number of aromatic amines is 1. The summed E-state index contributed by atoms with van der Waals surface area (Å²) in [5.74, 6) is 0. The molecule has 0 atom stereocenters. The molecule has 3 rings (SSSR count). The van der Waals surface area contributed by atoms with Crippen molar-refractivity contribution in [1.29, 1.82) is 0 Å². The number of benzene rings is 2. The van der Waals surface area contributed by atoms with Crippen LogP contribution in [0.25, 0.3) is 22.0 Å². The Morgan fingerprint density at radius 3 is 2.61 bits per heavy atom. The molecule has 0 saturated heterocycles. The number of rotatable bonds is 1. The number of hydrogen-bond acceptors (Lipinski definition) is 1. The molecule has 2 nitrogen and oxygen atoms in total. The number of halogens is 2. The van der Waals surface area contributed by atoms with E-state index >= 15 is 0 Å². The van der Waals surface area contributed by atoms with Crippen molar-refractivity contribution < 1.29 is 0 Å². The van der Waals surface area contributed by atoms with Crippen LogP contribution in [0, 0.1) is 0 Å². The summed E-state index contributed by atoms with van der Waals surface area (Å²) in [6, 6.07) is 13.7. The van der Waals surface area contributed by atoms with Gasteiger partial charge in [-0.1, -0.05) is 29.8 Å². The van der Waals surface area contributed by atoms with Crippen molar-refractivity contribution in [3.8, 4) is 11.1 Å². The number of aromatic nitrogens is 1. The summed E-state index contributed by atoms with van der Waals surface area (Å²) in [7, 11) is 0. The number of nitrogens with one attached hydrogen (secondary N) is 1. The summed E-state index contributed by atoms with van der Waals surface area (Å²) in [6.07, 6.45) is 1.96. The van der Waals surface area contributed by atoms with E-state index in [9.17, 15) is 0 Å². The van der Waals surface area contributed by atoms with Gasteiger partial charge in [0.25, 0.3) is 0 Å². The van der Waals surface area contributed by atoms with Crippen molar-refractivity contribution in [3.05, 3.63) is 53.7 Å². The average Bonchev–Trinajstić information content (AvgIpc) is 2.76. The lowest BCUT2D eigenvalue weighted by Crippen LogP contribution is -1.88. The van der Waals surface area contributed by atoms with Crippen molar-refractivity contribution in [1.82, 2.24) is 4.98 Å². The second-order valence-electron chi connectivity index (χ2n) is 3.98. The molecule has 4 heteroatoms. The third kappa shape index (κ3) is 2.05. The molecule has 0 bridgehead atoms. The minimum absolute atomic E-state index is 0. The molecule has 0 spiro atoms. The molecule has 18 heavy (non-hydrogen) atoms. The number of hydrogen-bond donors (Lipinski definition) is 2. The zero-order chi connectivity index (χ0) is 11.8. The minimum Gasteiger partial charge on any atom is -0.398 e. The zero-order valence-electron chi connectivity index (χ0n) is 9.48. The van der Waals surface area contributed by atoms with Crippen LogP contribution in [0.3, 0.4) is 0 Å². The number of anilines is 1. The largest absolute Gasteiger partial charge is 0.398 e. The van der Waals surface area contributed by atoms with E-state index in [0.29, 0.717) is 5.02 Å². The van der Waals surface area contributed by atoms with Crippen molar-refractivity contribution >= 4 is 40.6 Å². The molecule has 92 valence electrons. The second kappa shape index (κ2) is 4.92. The van der Waals surface area contributed by atoms with Crippen molar-refractivity contribution in [2.45, 2.75) is 0 Å². The Labute approximate surface area is 116 Å². The Morgan fingerprint density at radius 2 is 1.78 bits per heavy atom. The maximum absolute atomic E-state index is 6.02. The molecule has 0 aliphatic heterocycles. The predicted molar refractivity (Wildman–Crippen MR) is 80.4 cm³/mol. The average molecular weight is 279 g/mol. The smallest absolute Gasteiger partial charge is 0.0460 e. The number of H-pyrrole nitrogens is 1. The highest BCUT2D eigenvalue weighted by atomic mass is 35.5. The normalized spacial score (nSPS) is 10.3. The van der Waals surface area contributed by atoms with E-state index < -0.39 is 0 Å². The molecule has 3 N–H and O–H groups in total. The van der Waals surface area contributed by atoms with Gasteiger partial charge in [0.2, 0.25) is 0 Å². The van der Waals surface area contributed by atoms with Gasteiger partial charge < -0.3 is 10.7 Å². The Balaban J connectivity index is 0.00000120. The highest BCUT2D eigenvalue weighted by Gasteiger charge is 2.08. The first-order chi connectivity index (χ1) is 8.25. The lowest BCUT2D eigenvalue weighted by molar-refractivity contribution is 1.47. The fourth-order valence-corrected chi connectivity index (χ4v) is 2.23. The predicted octanol–water partition coefficient (Wildman–Crippen LogP) is 4.49. The van der Waals surface area contributed by atoms with Crippen LogP contribution in [0.5, 0.6) is 0 Å². The molecule has 0 aliphatic rings. The molecular formula is C14H12Cl2N2. The summed E-state index contributed by atoms with van der Waals surface area (Å²) in [6.45, 7) is 0. The molecule has 0 aliphatic carbocycles. The summed E-state index contributed by atoms with van der Waals surface area (Å²) in [5, 5.41) is 1.85. The number of para-hydroxylation sites is 1. The Hall–Kier alpha value is -1.64. The van der Waals surface area contributed by atoms with E-state index in [1.807, 2.05) is 36.5 Å². The fraction of sp³-hybridized carbons (Fsp3) is 0. The first-order valence-corrected chi connectivity index (χ1v) is 5.75. The monoisotopic (exact) mass is 278 g/mol. The van der Waals surface area contributed by atoms with Gasteiger partial charge in [0.1, 0.15) is 0 Å². The standard InChI is InChI=1S/C14H11ClN2.ClH/c15-9-5-6-13(16)11(7-9)12-8-17-14-4-2-1-3-10(12)14;/h1-8,17H,16H2;1H. The molecular weight excluding hydrogens is 267 g/mol. The third-order valence-corrected chi connectivity index (χ3v) is 3.13. The topological polar surface area (TPSA) is 41.8 Å². The maximum atomic E-state index is 6.02. The molecule has 0 amide bonds. The van der Waals surface area contributed by atoms with Crippen molar-refractivity contribution in [2.24, 2.45) is 0 Å². The van der Waals surface area contributed by atoms with Crippen molar-refractivity contribution in [2.75, 3.05) is 5.73 Å². The Bertz CT molecular complexity index is 689. The first kappa shape index (κ1) is 12.8. The maximum Gasteiger partial charge on any atom is 0.0460 e. The van der Waals surface area contributed by atoms with E-state index in [1.54, 1.807) is 6.07 Å². The molecule has 1 heterocycles. The molecule has 0 fully saturated rings. The van der Waals surface area contributed by atoms with E-state index in [4.69, 9.17) is 17.3 Å². The summed E-state index contributed by atoms with van der Waals surface area (Å²) in [5.41, 5.74) is 9.88. The molecule has 0 unspecified atom stereocenters. The van der Waals surface area contributed by atoms with Gasteiger partial charge in [-0.05, 0) is 24.3 Å². The Morgan fingerprint density at radius 1 is 1.00 bits per heavy atom.